The van der Waals surface area contributed by atoms with Crippen LogP contribution in [-0.4, -0.2) is 16.3 Å². The summed E-state index contributed by atoms with van der Waals surface area (Å²) in [6, 6.07) is 15.2. The number of nitrogens with zero attached hydrogens (tertiary/aromatic N) is 3. The third-order valence-electron chi connectivity index (χ3n) is 2.06. The summed E-state index contributed by atoms with van der Waals surface area (Å²) in [6.45, 7) is 0. The normalized spacial score (nSPS) is 9.81. The first-order valence-electron chi connectivity index (χ1n) is 5.60. The molecule has 0 aliphatic rings. The van der Waals surface area contributed by atoms with Crippen LogP contribution in [0.2, 0.25) is 0 Å². The number of para-hydroxylation sites is 1. The molecule has 4 nitrogen and oxygen atoms in total. The van der Waals surface area contributed by atoms with Gasteiger partial charge in [0.05, 0.1) is 5.69 Å². The largest absolute Gasteiger partial charge is 0.510 e. The van der Waals surface area contributed by atoms with Crippen molar-refractivity contribution in [3.63, 3.8) is 0 Å². The summed E-state index contributed by atoms with van der Waals surface area (Å²) in [5.74, 6) is 0. The number of thiol groups is 1. The van der Waals surface area contributed by atoms with Gasteiger partial charge >= 0.3 is 33.3 Å². The van der Waals surface area contributed by atoms with E-state index in [9.17, 15) is 0 Å². The molecule has 8 heteroatoms. The maximum absolute atomic E-state index is 4.67. The van der Waals surface area contributed by atoms with Gasteiger partial charge in [-0.25, -0.2) is 0 Å². The second-order valence-corrected chi connectivity index (χ2v) is 5.44. The summed E-state index contributed by atoms with van der Waals surface area (Å²) >= 11 is 4.95. The van der Waals surface area contributed by atoms with E-state index in [0.29, 0.717) is 5.11 Å². The summed E-state index contributed by atoms with van der Waals surface area (Å²) < 4.78 is 0. The van der Waals surface area contributed by atoms with Gasteiger partial charge in [-0.3, -0.25) is 4.98 Å². The van der Waals surface area contributed by atoms with Gasteiger partial charge in [0.25, 0.3) is 0 Å². The van der Waals surface area contributed by atoms with E-state index >= 15 is 0 Å². The number of nitrogens with one attached hydrogen (secondary N) is 1. The second kappa shape index (κ2) is 11.5. The molecule has 0 saturated carbocycles. The van der Waals surface area contributed by atoms with Crippen LogP contribution >= 0.6 is 20.2 Å². The molecule has 0 spiro atoms. The van der Waals surface area contributed by atoms with Gasteiger partial charge in [0, 0.05) is 18.1 Å². The van der Waals surface area contributed by atoms with E-state index in [0.717, 1.165) is 24.5 Å². The van der Waals surface area contributed by atoms with Gasteiger partial charge in [0.1, 0.15) is 0 Å². The Balaban J connectivity index is 0.000000677. The van der Waals surface area contributed by atoms with E-state index in [-0.39, 0.29) is 0 Å². The molecule has 0 aliphatic carbocycles. The maximum atomic E-state index is 4.67. The van der Waals surface area contributed by atoms with Crippen LogP contribution in [0.4, 0.5) is 5.69 Å². The molecule has 2 rings (SSSR count). The Morgan fingerprint density at radius 1 is 1.19 bits per heavy atom. The fraction of sp³-hybridized carbons (Fsp3) is 0. The molecule has 1 heterocycles. The van der Waals surface area contributed by atoms with E-state index in [1.54, 1.807) is 12.4 Å². The molecule has 1 aromatic carbocycles. The molecular weight excluding hydrogens is 379 g/mol. The molecule has 115 valence electrons. The second-order valence-electron chi connectivity index (χ2n) is 3.46. The fourth-order valence-corrected chi connectivity index (χ4v) is 1.45. The minimum Gasteiger partial charge on any atom is -0.510 e. The Morgan fingerprint density at radius 3 is 2.48 bits per heavy atom. The number of benzene rings is 1. The third kappa shape index (κ3) is 8.65. The summed E-state index contributed by atoms with van der Waals surface area (Å²) in [5.41, 5.74) is 5.58. The molecule has 0 fully saturated rings. The van der Waals surface area contributed by atoms with Crippen molar-refractivity contribution in [2.24, 2.45) is 5.10 Å². The SMILES string of the molecule is [Cl][Cu][Cl].[SH+]=C([N-]N=Cc1ccccn1)Nc1ccccc1. The molecule has 1 aromatic heterocycles. The number of halogens is 2. The zero-order valence-corrected chi connectivity index (χ0v) is 14.0. The van der Waals surface area contributed by atoms with E-state index in [1.165, 1.54) is 0 Å². The number of pyridine rings is 1. The zero-order valence-electron chi connectivity index (χ0n) is 10.6. The van der Waals surface area contributed by atoms with E-state index in [2.05, 4.69) is 53.2 Å². The van der Waals surface area contributed by atoms with Gasteiger partial charge in [-0.1, -0.05) is 24.3 Å². The van der Waals surface area contributed by atoms with Crippen LogP contribution in [0.5, 0.6) is 0 Å². The fourth-order valence-electron chi connectivity index (χ4n) is 1.27. The van der Waals surface area contributed by atoms with Crippen LogP contribution in [-0.2, 0) is 25.4 Å². The van der Waals surface area contributed by atoms with Gasteiger partial charge < -0.3 is 15.8 Å². The van der Waals surface area contributed by atoms with Crippen LogP contribution in [0.15, 0.2) is 59.8 Å². The standard InChI is InChI=1S/C13H12N4S.2ClH.Cu/c18-13(16-11-6-2-1-3-7-11)17-15-10-12-8-4-5-9-14-12;;;/h1-10H,(H2,14,16,17,18);2*1H;/q;;;+2/p-2. The van der Waals surface area contributed by atoms with E-state index < -0.39 is 0 Å². The quantitative estimate of drug-likeness (QED) is 0.217. The van der Waals surface area contributed by atoms with Gasteiger partial charge in [0.2, 0.25) is 5.11 Å². The molecule has 2 aromatic rings. The van der Waals surface area contributed by atoms with Crippen LogP contribution in [0, 0.1) is 0 Å². The van der Waals surface area contributed by atoms with Crippen molar-refractivity contribution in [1.29, 1.82) is 0 Å². The van der Waals surface area contributed by atoms with Gasteiger partial charge in [-0.2, -0.15) is 0 Å². The van der Waals surface area contributed by atoms with Crippen molar-refractivity contribution in [3.8, 4) is 0 Å². The Labute approximate surface area is 143 Å². The zero-order chi connectivity index (χ0) is 15.3. The first-order chi connectivity index (χ1) is 10.3. The number of hydrogen-bond donors (Lipinski definition) is 1. The van der Waals surface area contributed by atoms with Crippen molar-refractivity contribution in [2.75, 3.05) is 5.32 Å². The molecule has 0 radical (unpaired) electrons. The summed E-state index contributed by atoms with van der Waals surface area (Å²) in [4.78, 5) is 4.10. The van der Waals surface area contributed by atoms with Crippen LogP contribution in [0.3, 0.4) is 0 Å². The first-order valence-corrected chi connectivity index (χ1v) is 8.64. The van der Waals surface area contributed by atoms with Gasteiger partial charge in [0.15, 0.2) is 12.2 Å². The van der Waals surface area contributed by atoms with Crippen LogP contribution in [0.1, 0.15) is 5.69 Å². The van der Waals surface area contributed by atoms with Gasteiger partial charge in [-0.15, -0.1) is 0 Å². The average molecular weight is 391 g/mol. The van der Waals surface area contributed by atoms with Crippen molar-refractivity contribution < 1.29 is 13.1 Å². The summed E-state index contributed by atoms with van der Waals surface area (Å²) in [7, 11) is 9.34. The van der Waals surface area contributed by atoms with Crippen LogP contribution in [0.25, 0.3) is 5.43 Å². The molecule has 0 atom stereocenters. The predicted molar refractivity (Wildman–Crippen MR) is 90.7 cm³/mol. The number of aromatic nitrogens is 1. The summed E-state index contributed by atoms with van der Waals surface area (Å²) in [6.07, 6.45) is 3.28. The first kappa shape index (κ1) is 17.9. The molecule has 0 amide bonds. The van der Waals surface area contributed by atoms with Crippen LogP contribution < -0.4 is 5.32 Å². The van der Waals surface area contributed by atoms with E-state index in [4.69, 9.17) is 0 Å². The molecule has 0 saturated heterocycles. The molecular formula is C13H12Cl2CuN4S. The third-order valence-corrected chi connectivity index (χ3v) is 2.26. The predicted octanol–water partition coefficient (Wildman–Crippen LogP) is 3.64. The topological polar surface area (TPSA) is 51.4 Å². The molecule has 1 N–H and O–H groups in total. The Kier molecular flexibility index (Phi) is 9.78. The maximum Gasteiger partial charge on any atom is 0.212 e. The minimum atomic E-state index is 0.424. The number of hydrogen-bond acceptors (Lipinski definition) is 2. The molecule has 21 heavy (non-hydrogen) atoms. The van der Waals surface area contributed by atoms with E-state index in [1.807, 2.05) is 48.5 Å². The summed E-state index contributed by atoms with van der Waals surface area (Å²) in [5, 5.41) is 7.33. The Hall–Kier alpha value is -1.17. The molecule has 0 unspecified atom stereocenters. The molecule has 0 bridgehead atoms. The van der Waals surface area contributed by atoms with Crippen molar-refractivity contribution in [2.45, 2.75) is 0 Å². The average Bonchev–Trinajstić information content (AvgIpc) is 2.50. The van der Waals surface area contributed by atoms with Gasteiger partial charge in [-0.05, 0) is 24.3 Å². The number of anilines is 1. The minimum absolute atomic E-state index is 0.424. The Bertz CT molecular complexity index is 555. The van der Waals surface area contributed by atoms with Crippen molar-refractivity contribution in [3.05, 3.63) is 65.8 Å². The number of rotatable bonds is 3. The molecule has 0 aliphatic heterocycles. The van der Waals surface area contributed by atoms with Crippen molar-refractivity contribution in [1.82, 2.24) is 4.98 Å². The van der Waals surface area contributed by atoms with Crippen molar-refractivity contribution >= 4 is 49.4 Å². The monoisotopic (exact) mass is 389 g/mol. The Morgan fingerprint density at radius 2 is 1.86 bits per heavy atom. The smallest absolute Gasteiger partial charge is 0.212 e.